The Morgan fingerprint density at radius 2 is 1.85 bits per heavy atom. The first kappa shape index (κ1) is 12.7. The zero-order valence-electron chi connectivity index (χ0n) is 10.6. The van der Waals surface area contributed by atoms with E-state index in [1.807, 2.05) is 0 Å². The van der Waals surface area contributed by atoms with E-state index in [9.17, 15) is 10.0 Å². The summed E-state index contributed by atoms with van der Waals surface area (Å²) in [6, 6.07) is 11.6. The van der Waals surface area contributed by atoms with Crippen molar-refractivity contribution in [2.75, 3.05) is 7.11 Å². The predicted molar refractivity (Wildman–Crippen MR) is 76.2 cm³/mol. The summed E-state index contributed by atoms with van der Waals surface area (Å²) in [5, 5.41) is 13.0. The van der Waals surface area contributed by atoms with Crippen LogP contribution < -0.4 is 4.74 Å². The van der Waals surface area contributed by atoms with Crippen LogP contribution in [0.5, 0.6) is 5.75 Å². The summed E-state index contributed by atoms with van der Waals surface area (Å²) in [6.45, 7) is 0. The lowest BCUT2D eigenvalue weighted by atomic mass is 10.0. The summed E-state index contributed by atoms with van der Waals surface area (Å²) in [5.41, 5.74) is 1.23. The summed E-state index contributed by atoms with van der Waals surface area (Å²) >= 11 is 5.82. The van der Waals surface area contributed by atoms with Gasteiger partial charge in [0.2, 0.25) is 0 Å². The fourth-order valence-corrected chi connectivity index (χ4v) is 2.39. The number of ether oxygens (including phenoxy) is 1. The normalized spacial score (nSPS) is 13.6. The maximum Gasteiger partial charge on any atom is 0.273 e. The molecule has 1 aliphatic heterocycles. The lowest BCUT2D eigenvalue weighted by Crippen LogP contribution is -2.16. The van der Waals surface area contributed by atoms with Crippen molar-refractivity contribution in [3.63, 3.8) is 0 Å². The van der Waals surface area contributed by atoms with E-state index in [0.717, 1.165) is 0 Å². The van der Waals surface area contributed by atoms with Gasteiger partial charge in [-0.3, -0.25) is 4.79 Å². The molecule has 0 saturated heterocycles. The van der Waals surface area contributed by atoms with Gasteiger partial charge in [0.1, 0.15) is 5.56 Å². The molecule has 0 atom stereocenters. The van der Waals surface area contributed by atoms with E-state index in [2.05, 4.69) is 0 Å². The van der Waals surface area contributed by atoms with Crippen molar-refractivity contribution >= 4 is 28.8 Å². The number of nitrogens with zero attached hydrogens (tertiary/aromatic N) is 1. The van der Waals surface area contributed by atoms with Crippen LogP contribution in [0, 0.1) is 5.21 Å². The van der Waals surface area contributed by atoms with Gasteiger partial charge in [-0.2, -0.15) is 4.74 Å². The Morgan fingerprint density at radius 1 is 1.15 bits per heavy atom. The third kappa shape index (κ3) is 1.77. The average molecular weight is 288 g/mol. The van der Waals surface area contributed by atoms with Gasteiger partial charge in [-0.1, -0.05) is 17.7 Å². The minimum atomic E-state index is -0.309. The number of rotatable bonds is 2. The molecule has 0 fully saturated rings. The summed E-state index contributed by atoms with van der Waals surface area (Å²) in [5.74, 6) is 0.0750. The van der Waals surface area contributed by atoms with Crippen molar-refractivity contribution in [1.29, 1.82) is 0 Å². The van der Waals surface area contributed by atoms with E-state index < -0.39 is 0 Å². The van der Waals surface area contributed by atoms with Crippen LogP contribution in [0.2, 0.25) is 5.02 Å². The van der Waals surface area contributed by atoms with Gasteiger partial charge in [0, 0.05) is 5.02 Å². The fourth-order valence-electron chi connectivity index (χ4n) is 2.27. The molecule has 0 amide bonds. The van der Waals surface area contributed by atoms with Crippen molar-refractivity contribution in [2.45, 2.75) is 0 Å². The van der Waals surface area contributed by atoms with Crippen LogP contribution in [0.15, 0.2) is 42.5 Å². The van der Waals surface area contributed by atoms with Crippen molar-refractivity contribution < 1.29 is 14.3 Å². The Balaban J connectivity index is 2.21. The highest BCUT2D eigenvalue weighted by Crippen LogP contribution is 2.36. The molecule has 100 valence electrons. The number of para-hydroxylation sites is 1. The molecule has 0 N–H and O–H groups in total. The Kier molecular flexibility index (Phi) is 2.95. The number of fused-ring (bicyclic) bond motifs is 1. The zero-order chi connectivity index (χ0) is 14.3. The molecule has 20 heavy (non-hydrogen) atoms. The number of methoxy groups -OCH3 is 1. The zero-order valence-corrected chi connectivity index (χ0v) is 11.3. The van der Waals surface area contributed by atoms with Crippen molar-refractivity contribution in [1.82, 2.24) is 0 Å². The number of Topliss-reactive ketones (excluding diaryl/α,β-unsaturated/α-hetero) is 1. The standard InChI is InChI=1S/C15H10ClNO3/c1-20-12-4-2-3-11-14(12)17(19)13(15(11)18)9-5-7-10(16)8-6-9/h2-8H,1H3. The molecule has 5 heteroatoms. The van der Waals surface area contributed by atoms with E-state index in [1.54, 1.807) is 42.5 Å². The Labute approximate surface area is 120 Å². The monoisotopic (exact) mass is 287 g/mol. The highest BCUT2D eigenvalue weighted by Gasteiger charge is 2.38. The molecule has 0 spiro atoms. The number of ketones is 1. The average Bonchev–Trinajstić information content (AvgIpc) is 2.72. The van der Waals surface area contributed by atoms with Gasteiger partial charge in [0.15, 0.2) is 5.75 Å². The molecule has 1 aliphatic rings. The first-order valence-electron chi connectivity index (χ1n) is 5.95. The van der Waals surface area contributed by atoms with Crippen LogP contribution >= 0.6 is 11.6 Å². The van der Waals surface area contributed by atoms with Crippen molar-refractivity contribution in [3.05, 3.63) is 63.8 Å². The Bertz CT molecular complexity index is 735. The van der Waals surface area contributed by atoms with Gasteiger partial charge in [-0.25, -0.2) is 0 Å². The molecule has 0 aliphatic carbocycles. The van der Waals surface area contributed by atoms with Crippen LogP contribution in [-0.2, 0) is 0 Å². The molecule has 2 aromatic rings. The maximum absolute atomic E-state index is 12.4. The second-order valence-electron chi connectivity index (χ2n) is 4.34. The molecule has 0 aromatic heterocycles. The SMILES string of the molecule is COc1cccc2c1[N+]([O-])=C(c1ccc(Cl)cc1)C2=O. The van der Waals surface area contributed by atoms with Crippen LogP contribution in [0.3, 0.4) is 0 Å². The van der Waals surface area contributed by atoms with Crippen LogP contribution in [0.4, 0.5) is 5.69 Å². The lowest BCUT2D eigenvalue weighted by Gasteiger charge is -2.05. The summed E-state index contributed by atoms with van der Waals surface area (Å²) in [7, 11) is 1.47. The number of benzene rings is 2. The second kappa shape index (κ2) is 4.65. The van der Waals surface area contributed by atoms with Crippen LogP contribution in [0.25, 0.3) is 0 Å². The molecule has 0 radical (unpaired) electrons. The van der Waals surface area contributed by atoms with Crippen molar-refractivity contribution in [2.24, 2.45) is 0 Å². The summed E-state index contributed by atoms with van der Waals surface area (Å²) in [6.07, 6.45) is 0. The number of carbonyl (C=O) groups is 1. The first-order valence-corrected chi connectivity index (χ1v) is 6.33. The predicted octanol–water partition coefficient (Wildman–Crippen LogP) is 3.18. The molecule has 0 unspecified atom stereocenters. The number of halogens is 1. The van der Waals surface area contributed by atoms with Crippen LogP contribution in [-0.4, -0.2) is 23.3 Å². The van der Waals surface area contributed by atoms with E-state index in [0.29, 0.717) is 26.6 Å². The van der Waals surface area contributed by atoms with E-state index >= 15 is 0 Å². The topological polar surface area (TPSA) is 52.4 Å². The van der Waals surface area contributed by atoms with Gasteiger partial charge in [-0.05, 0) is 36.4 Å². The van der Waals surface area contributed by atoms with E-state index in [1.165, 1.54) is 7.11 Å². The quantitative estimate of drug-likeness (QED) is 0.630. The third-order valence-corrected chi connectivity index (χ3v) is 3.45. The number of hydrogen-bond donors (Lipinski definition) is 0. The molecule has 3 rings (SSSR count). The summed E-state index contributed by atoms with van der Waals surface area (Å²) < 4.78 is 5.78. The van der Waals surface area contributed by atoms with Gasteiger partial charge in [0.25, 0.3) is 17.2 Å². The molecular formula is C15H10ClNO3. The van der Waals surface area contributed by atoms with Gasteiger partial charge in [0.05, 0.1) is 12.7 Å². The third-order valence-electron chi connectivity index (χ3n) is 3.20. The second-order valence-corrected chi connectivity index (χ2v) is 4.77. The number of hydrogen-bond acceptors (Lipinski definition) is 3. The maximum atomic E-state index is 12.4. The highest BCUT2D eigenvalue weighted by molar-refractivity contribution is 6.52. The molecular weight excluding hydrogens is 278 g/mol. The molecule has 0 saturated carbocycles. The smallest absolute Gasteiger partial charge is 0.273 e. The van der Waals surface area contributed by atoms with Gasteiger partial charge < -0.3 is 9.94 Å². The van der Waals surface area contributed by atoms with Gasteiger partial charge in [-0.15, -0.1) is 0 Å². The summed E-state index contributed by atoms with van der Waals surface area (Å²) in [4.78, 5) is 12.4. The lowest BCUT2D eigenvalue weighted by molar-refractivity contribution is -0.356. The molecule has 1 heterocycles. The minimum Gasteiger partial charge on any atom is -0.618 e. The Morgan fingerprint density at radius 3 is 2.50 bits per heavy atom. The van der Waals surface area contributed by atoms with Crippen molar-refractivity contribution in [3.8, 4) is 5.75 Å². The van der Waals surface area contributed by atoms with E-state index in [4.69, 9.17) is 16.3 Å². The fraction of sp³-hybridized carbons (Fsp3) is 0.0667. The molecule has 0 bridgehead atoms. The van der Waals surface area contributed by atoms with E-state index in [-0.39, 0.29) is 17.2 Å². The first-order chi connectivity index (χ1) is 9.63. The Hall–Kier alpha value is -2.33. The highest BCUT2D eigenvalue weighted by atomic mass is 35.5. The molecule has 4 nitrogen and oxygen atoms in total. The number of carbonyl (C=O) groups excluding carboxylic acids is 1. The largest absolute Gasteiger partial charge is 0.618 e. The van der Waals surface area contributed by atoms with Gasteiger partial charge >= 0.3 is 0 Å². The minimum absolute atomic E-state index is 0.0844. The molecule has 2 aromatic carbocycles. The van der Waals surface area contributed by atoms with Crippen LogP contribution in [0.1, 0.15) is 15.9 Å².